The Balaban J connectivity index is 2.24. The van der Waals surface area contributed by atoms with Gasteiger partial charge in [-0.3, -0.25) is 0 Å². The number of anilines is 1. The minimum atomic E-state index is -0.342. The third-order valence-corrected chi connectivity index (χ3v) is 3.68. The summed E-state index contributed by atoms with van der Waals surface area (Å²) in [5.74, 6) is -0.223. The summed E-state index contributed by atoms with van der Waals surface area (Å²) in [5.41, 5.74) is 7.99. The maximum absolute atomic E-state index is 13.1. The van der Waals surface area contributed by atoms with Gasteiger partial charge in [-0.2, -0.15) is 0 Å². The molecule has 21 heavy (non-hydrogen) atoms. The van der Waals surface area contributed by atoms with Crippen LogP contribution in [0.1, 0.15) is 0 Å². The van der Waals surface area contributed by atoms with E-state index >= 15 is 0 Å². The van der Waals surface area contributed by atoms with Crippen LogP contribution in [0.3, 0.4) is 0 Å². The molecular weight excluding hydrogens is 314 g/mol. The fourth-order valence-electron chi connectivity index (χ4n) is 2.09. The Morgan fingerprint density at radius 2 is 1.57 bits per heavy atom. The first-order valence-corrected chi connectivity index (χ1v) is 6.79. The van der Waals surface area contributed by atoms with Crippen LogP contribution >= 0.6 is 23.2 Å². The summed E-state index contributed by atoms with van der Waals surface area (Å²) in [7, 11) is 0. The Hall–Kier alpha value is -2.04. The van der Waals surface area contributed by atoms with Gasteiger partial charge in [-0.25, -0.2) is 4.39 Å². The van der Waals surface area contributed by atoms with Crippen molar-refractivity contribution >= 4 is 29.1 Å². The number of nitrogen functional groups attached to an aromatic ring is 1. The molecule has 2 N–H and O–H groups in total. The maximum atomic E-state index is 13.1. The molecule has 6 heteroatoms. The number of hydrogen-bond acceptors (Lipinski definition) is 3. The molecule has 106 valence electrons. The summed E-state index contributed by atoms with van der Waals surface area (Å²) in [6.45, 7) is 0. The van der Waals surface area contributed by atoms with Gasteiger partial charge in [0.25, 0.3) is 0 Å². The lowest BCUT2D eigenvalue weighted by molar-refractivity contribution is 0.439. The highest BCUT2D eigenvalue weighted by atomic mass is 35.5. The molecular formula is C15H9Cl2FN2O. The van der Waals surface area contributed by atoms with E-state index in [2.05, 4.69) is 5.16 Å². The third-order valence-electron chi connectivity index (χ3n) is 3.05. The van der Waals surface area contributed by atoms with Crippen molar-refractivity contribution in [2.75, 3.05) is 5.73 Å². The first-order valence-electron chi connectivity index (χ1n) is 6.03. The fourth-order valence-corrected chi connectivity index (χ4v) is 2.67. The van der Waals surface area contributed by atoms with E-state index in [9.17, 15) is 4.39 Å². The van der Waals surface area contributed by atoms with Gasteiger partial charge in [0, 0.05) is 5.56 Å². The van der Waals surface area contributed by atoms with E-state index in [1.165, 1.54) is 12.1 Å². The quantitative estimate of drug-likeness (QED) is 0.719. The van der Waals surface area contributed by atoms with E-state index in [0.29, 0.717) is 32.4 Å². The molecule has 0 aliphatic heterocycles. The second kappa shape index (κ2) is 5.39. The van der Waals surface area contributed by atoms with Gasteiger partial charge in [-0.15, -0.1) is 0 Å². The summed E-state index contributed by atoms with van der Waals surface area (Å²) in [6.07, 6.45) is 0. The summed E-state index contributed by atoms with van der Waals surface area (Å²) in [6, 6.07) is 11.0. The summed E-state index contributed by atoms with van der Waals surface area (Å²) in [5, 5.41) is 4.80. The molecule has 0 bridgehead atoms. The van der Waals surface area contributed by atoms with Crippen molar-refractivity contribution in [3.8, 4) is 22.4 Å². The van der Waals surface area contributed by atoms with Crippen molar-refractivity contribution in [3.05, 3.63) is 58.3 Å². The molecule has 1 heterocycles. The number of halogens is 3. The van der Waals surface area contributed by atoms with Crippen LogP contribution in [0.4, 0.5) is 10.3 Å². The predicted molar refractivity (Wildman–Crippen MR) is 81.8 cm³/mol. The molecule has 0 radical (unpaired) electrons. The lowest BCUT2D eigenvalue weighted by atomic mass is 10.0. The van der Waals surface area contributed by atoms with Crippen LogP contribution in [0.15, 0.2) is 47.0 Å². The van der Waals surface area contributed by atoms with Gasteiger partial charge in [-0.1, -0.05) is 46.6 Å². The van der Waals surface area contributed by atoms with Gasteiger partial charge in [0.1, 0.15) is 11.5 Å². The molecule has 0 unspecified atom stereocenters. The number of aromatic nitrogens is 1. The average Bonchev–Trinajstić information content (AvgIpc) is 2.82. The molecule has 3 nitrogen and oxygen atoms in total. The highest BCUT2D eigenvalue weighted by Crippen LogP contribution is 2.42. The van der Waals surface area contributed by atoms with E-state index in [0.717, 1.165) is 0 Å². The van der Waals surface area contributed by atoms with Crippen LogP contribution in [0.25, 0.3) is 22.4 Å². The molecule has 3 rings (SSSR count). The minimum absolute atomic E-state index is 0.118. The third kappa shape index (κ3) is 2.48. The second-order valence-electron chi connectivity index (χ2n) is 4.37. The van der Waals surface area contributed by atoms with E-state index in [4.69, 9.17) is 33.5 Å². The van der Waals surface area contributed by atoms with E-state index in [-0.39, 0.29) is 11.7 Å². The van der Waals surface area contributed by atoms with Crippen molar-refractivity contribution < 1.29 is 8.91 Å². The second-order valence-corrected chi connectivity index (χ2v) is 5.19. The number of nitrogens with zero attached hydrogens (tertiary/aromatic N) is 1. The summed E-state index contributed by atoms with van der Waals surface area (Å²) >= 11 is 12.4. The standard InChI is InChI=1S/C15H9Cl2FN2O/c16-10-2-1-3-11(17)13(10)14-12(15(19)21-20-14)8-4-6-9(18)7-5-8/h1-7H,19H2. The van der Waals surface area contributed by atoms with Gasteiger partial charge in [0.15, 0.2) is 0 Å². The van der Waals surface area contributed by atoms with E-state index < -0.39 is 0 Å². The normalized spacial score (nSPS) is 10.8. The van der Waals surface area contributed by atoms with Gasteiger partial charge in [-0.05, 0) is 29.8 Å². The van der Waals surface area contributed by atoms with E-state index in [1.54, 1.807) is 30.3 Å². The predicted octanol–water partition coefficient (Wildman–Crippen LogP) is 5.04. The Morgan fingerprint density at radius 1 is 0.952 bits per heavy atom. The Bertz CT molecular complexity index is 780. The molecule has 1 aromatic heterocycles. The fraction of sp³-hybridized carbons (Fsp3) is 0. The Morgan fingerprint density at radius 3 is 2.19 bits per heavy atom. The zero-order valence-electron chi connectivity index (χ0n) is 10.6. The summed E-state index contributed by atoms with van der Waals surface area (Å²) in [4.78, 5) is 0. The topological polar surface area (TPSA) is 52.0 Å². The van der Waals surface area contributed by atoms with Crippen LogP contribution in [-0.2, 0) is 0 Å². The van der Waals surface area contributed by atoms with Crippen molar-refractivity contribution in [2.24, 2.45) is 0 Å². The van der Waals surface area contributed by atoms with E-state index in [1.807, 2.05) is 0 Å². The van der Waals surface area contributed by atoms with Crippen molar-refractivity contribution in [1.82, 2.24) is 5.16 Å². The lowest BCUT2D eigenvalue weighted by Gasteiger charge is -2.06. The zero-order valence-corrected chi connectivity index (χ0v) is 12.1. The number of hydrogen-bond donors (Lipinski definition) is 1. The van der Waals surface area contributed by atoms with Crippen molar-refractivity contribution in [2.45, 2.75) is 0 Å². The SMILES string of the molecule is Nc1onc(-c2c(Cl)cccc2Cl)c1-c1ccc(F)cc1. The molecule has 2 aromatic carbocycles. The molecule has 0 saturated carbocycles. The van der Waals surface area contributed by atoms with Crippen LogP contribution in [-0.4, -0.2) is 5.16 Å². The smallest absolute Gasteiger partial charge is 0.230 e. The van der Waals surface area contributed by atoms with Crippen molar-refractivity contribution in [1.29, 1.82) is 0 Å². The molecule has 0 fully saturated rings. The van der Waals surface area contributed by atoms with Gasteiger partial charge in [0.2, 0.25) is 5.88 Å². The van der Waals surface area contributed by atoms with Crippen LogP contribution < -0.4 is 5.73 Å². The maximum Gasteiger partial charge on any atom is 0.230 e. The first-order chi connectivity index (χ1) is 10.1. The summed E-state index contributed by atoms with van der Waals surface area (Å²) < 4.78 is 18.1. The minimum Gasteiger partial charge on any atom is -0.367 e. The van der Waals surface area contributed by atoms with Crippen LogP contribution in [0, 0.1) is 5.82 Å². The molecule has 0 aliphatic rings. The van der Waals surface area contributed by atoms with Crippen LogP contribution in [0.5, 0.6) is 0 Å². The van der Waals surface area contributed by atoms with Gasteiger partial charge in [0.05, 0.1) is 15.6 Å². The van der Waals surface area contributed by atoms with Crippen LogP contribution in [0.2, 0.25) is 10.0 Å². The molecule has 0 atom stereocenters. The number of nitrogens with two attached hydrogens (primary N) is 1. The zero-order chi connectivity index (χ0) is 15.0. The Labute approximate surface area is 130 Å². The lowest BCUT2D eigenvalue weighted by Crippen LogP contribution is -1.89. The largest absolute Gasteiger partial charge is 0.367 e. The average molecular weight is 323 g/mol. The molecule has 0 saturated heterocycles. The highest BCUT2D eigenvalue weighted by Gasteiger charge is 2.21. The first kappa shape index (κ1) is 13.9. The molecule has 0 spiro atoms. The Kier molecular flexibility index (Phi) is 3.57. The monoisotopic (exact) mass is 322 g/mol. The van der Waals surface area contributed by atoms with Gasteiger partial charge < -0.3 is 10.3 Å². The van der Waals surface area contributed by atoms with Crippen molar-refractivity contribution in [3.63, 3.8) is 0 Å². The highest BCUT2D eigenvalue weighted by molar-refractivity contribution is 6.39. The van der Waals surface area contributed by atoms with Gasteiger partial charge >= 0.3 is 0 Å². The number of benzene rings is 2. The number of rotatable bonds is 2. The molecule has 3 aromatic rings. The molecule has 0 amide bonds. The molecule has 0 aliphatic carbocycles.